The number of H-pyrrole nitrogens is 1. The summed E-state index contributed by atoms with van der Waals surface area (Å²) in [7, 11) is 0. The summed E-state index contributed by atoms with van der Waals surface area (Å²) in [6.45, 7) is 1.54. The predicted octanol–water partition coefficient (Wildman–Crippen LogP) is 3.28. The van der Waals surface area contributed by atoms with Crippen LogP contribution in [0.3, 0.4) is 0 Å². The average molecular weight is 529 g/mol. The Labute approximate surface area is 203 Å². The Morgan fingerprint density at radius 3 is 2.43 bits per heavy atom. The Morgan fingerprint density at radius 2 is 1.76 bits per heavy atom. The smallest absolute Gasteiger partial charge is 0.406 e. The summed E-state index contributed by atoms with van der Waals surface area (Å²) in [5, 5.41) is 14.9. The third-order valence-corrected chi connectivity index (χ3v) is 5.25. The maximum absolute atomic E-state index is 13.5. The quantitative estimate of drug-likeness (QED) is 0.363. The Balaban J connectivity index is 1.37. The standard InChI is InChI=1S/C20H17F6N9O2/c21-19(22,23)13-9-28-17-16(30-18(33-35(13)17)34-5-7-36-8-6-34)27-10-14-29-15(32-31-14)11-1-3-12(4-2-11)37-20(24,25)26/h1-4,9H,5-8,10H2,(H,27,30,33)(H,29,31,32). The van der Waals surface area contributed by atoms with Gasteiger partial charge in [0, 0.05) is 18.7 Å². The first-order valence-electron chi connectivity index (χ1n) is 10.7. The summed E-state index contributed by atoms with van der Waals surface area (Å²) >= 11 is 0. The topological polar surface area (TPSA) is 118 Å². The van der Waals surface area contributed by atoms with Gasteiger partial charge in [0.05, 0.1) is 26.0 Å². The number of alkyl halides is 6. The van der Waals surface area contributed by atoms with Crippen LogP contribution in [-0.2, 0) is 17.5 Å². The molecule has 196 valence electrons. The van der Waals surface area contributed by atoms with Gasteiger partial charge >= 0.3 is 12.5 Å². The molecule has 1 aliphatic rings. The summed E-state index contributed by atoms with van der Waals surface area (Å²) in [4.78, 5) is 12.8. The molecule has 0 atom stereocenters. The van der Waals surface area contributed by atoms with Crippen LogP contribution < -0.4 is 15.0 Å². The Kier molecular flexibility index (Phi) is 6.22. The first kappa shape index (κ1) is 24.5. The van der Waals surface area contributed by atoms with Crippen molar-refractivity contribution in [2.24, 2.45) is 0 Å². The van der Waals surface area contributed by atoms with E-state index < -0.39 is 18.2 Å². The molecule has 4 heterocycles. The molecule has 0 unspecified atom stereocenters. The van der Waals surface area contributed by atoms with Crippen molar-refractivity contribution in [1.29, 1.82) is 0 Å². The summed E-state index contributed by atoms with van der Waals surface area (Å²) in [6, 6.07) is 4.99. The van der Waals surface area contributed by atoms with Gasteiger partial charge in [0.25, 0.3) is 0 Å². The summed E-state index contributed by atoms with van der Waals surface area (Å²) in [5.74, 6) is 0.273. The minimum absolute atomic E-state index is 0.0221. The van der Waals surface area contributed by atoms with Crippen LogP contribution in [0.4, 0.5) is 38.1 Å². The zero-order chi connectivity index (χ0) is 26.2. The van der Waals surface area contributed by atoms with Crippen LogP contribution in [-0.4, -0.2) is 67.4 Å². The van der Waals surface area contributed by atoms with Crippen LogP contribution in [0.2, 0.25) is 0 Å². The Bertz CT molecular complexity index is 1380. The number of benzene rings is 1. The van der Waals surface area contributed by atoms with Gasteiger partial charge in [-0.25, -0.2) is 9.50 Å². The Morgan fingerprint density at radius 1 is 1.03 bits per heavy atom. The van der Waals surface area contributed by atoms with Crippen molar-refractivity contribution in [2.75, 3.05) is 36.5 Å². The number of aromatic nitrogens is 7. The zero-order valence-electron chi connectivity index (χ0n) is 18.6. The number of anilines is 2. The lowest BCUT2D eigenvalue weighted by Gasteiger charge is -2.27. The lowest BCUT2D eigenvalue weighted by atomic mass is 10.2. The summed E-state index contributed by atoms with van der Waals surface area (Å²) in [6.07, 6.45) is -8.82. The number of hydrogen-bond acceptors (Lipinski definition) is 9. The molecule has 1 saturated heterocycles. The van der Waals surface area contributed by atoms with E-state index in [1.807, 2.05) is 0 Å². The van der Waals surface area contributed by atoms with E-state index in [2.05, 4.69) is 40.3 Å². The lowest BCUT2D eigenvalue weighted by Crippen LogP contribution is -2.38. The first-order valence-corrected chi connectivity index (χ1v) is 10.7. The molecular formula is C20H17F6N9O2. The van der Waals surface area contributed by atoms with Gasteiger partial charge in [-0.05, 0) is 24.3 Å². The molecule has 0 amide bonds. The second kappa shape index (κ2) is 9.38. The maximum Gasteiger partial charge on any atom is 0.573 e. The monoisotopic (exact) mass is 529 g/mol. The predicted molar refractivity (Wildman–Crippen MR) is 115 cm³/mol. The van der Waals surface area contributed by atoms with Crippen molar-refractivity contribution in [1.82, 2.24) is 34.8 Å². The van der Waals surface area contributed by atoms with Gasteiger partial charge in [0.1, 0.15) is 11.6 Å². The molecule has 37 heavy (non-hydrogen) atoms. The largest absolute Gasteiger partial charge is 0.573 e. The summed E-state index contributed by atoms with van der Waals surface area (Å²) < 4.78 is 87.4. The van der Waals surface area contributed by atoms with E-state index in [0.29, 0.717) is 42.6 Å². The SMILES string of the molecule is FC(F)(F)Oc1ccc(-c2nnc(CNc3nc(N4CCOCC4)nn4c(C(F)(F)F)cnc34)[nH]2)cc1. The van der Waals surface area contributed by atoms with Crippen molar-refractivity contribution in [3.05, 3.63) is 42.0 Å². The molecular weight excluding hydrogens is 512 g/mol. The highest BCUT2D eigenvalue weighted by Gasteiger charge is 2.36. The molecule has 4 aromatic rings. The molecule has 1 aromatic carbocycles. The van der Waals surface area contributed by atoms with Crippen molar-refractivity contribution in [3.63, 3.8) is 0 Å². The number of aromatic amines is 1. The number of nitrogens with zero attached hydrogens (tertiary/aromatic N) is 7. The van der Waals surface area contributed by atoms with Crippen LogP contribution in [0, 0.1) is 0 Å². The van der Waals surface area contributed by atoms with Crippen molar-refractivity contribution < 1.29 is 35.8 Å². The minimum atomic E-state index is -4.81. The number of fused-ring (bicyclic) bond motifs is 1. The van der Waals surface area contributed by atoms with Gasteiger partial charge in [-0.1, -0.05) is 0 Å². The molecule has 17 heteroatoms. The van der Waals surface area contributed by atoms with E-state index in [9.17, 15) is 26.3 Å². The maximum atomic E-state index is 13.5. The second-order valence-electron chi connectivity index (χ2n) is 7.78. The van der Waals surface area contributed by atoms with Crippen LogP contribution in [0.5, 0.6) is 5.75 Å². The van der Waals surface area contributed by atoms with Crippen LogP contribution in [0.25, 0.3) is 17.0 Å². The molecule has 11 nitrogen and oxygen atoms in total. The van der Waals surface area contributed by atoms with Crippen LogP contribution in [0.15, 0.2) is 30.5 Å². The Hall–Kier alpha value is -4.15. The number of imidazole rings is 1. The van der Waals surface area contributed by atoms with E-state index in [1.54, 1.807) is 4.90 Å². The van der Waals surface area contributed by atoms with Gasteiger partial charge in [0.15, 0.2) is 23.0 Å². The molecule has 1 aliphatic heterocycles. The van der Waals surface area contributed by atoms with Gasteiger partial charge in [0.2, 0.25) is 5.95 Å². The van der Waals surface area contributed by atoms with Crippen molar-refractivity contribution in [2.45, 2.75) is 19.1 Å². The highest BCUT2D eigenvalue weighted by molar-refractivity contribution is 5.64. The van der Waals surface area contributed by atoms with Crippen LogP contribution >= 0.6 is 0 Å². The average Bonchev–Trinajstić information content (AvgIpc) is 3.50. The number of nitrogens with one attached hydrogen (secondary N) is 2. The molecule has 2 N–H and O–H groups in total. The third kappa shape index (κ3) is 5.50. The fraction of sp³-hybridized carbons (Fsp3) is 0.350. The molecule has 5 rings (SSSR count). The minimum Gasteiger partial charge on any atom is -0.406 e. The summed E-state index contributed by atoms with van der Waals surface area (Å²) in [5.41, 5.74) is -0.748. The van der Waals surface area contributed by atoms with E-state index >= 15 is 0 Å². The van der Waals surface area contributed by atoms with E-state index in [4.69, 9.17) is 4.74 Å². The van der Waals surface area contributed by atoms with Gasteiger partial charge in [-0.3, -0.25) is 0 Å². The lowest BCUT2D eigenvalue weighted by molar-refractivity contribution is -0.274. The fourth-order valence-electron chi connectivity index (χ4n) is 3.57. The number of hydrogen-bond donors (Lipinski definition) is 2. The van der Waals surface area contributed by atoms with E-state index in [1.165, 1.54) is 12.1 Å². The third-order valence-electron chi connectivity index (χ3n) is 5.25. The van der Waals surface area contributed by atoms with Gasteiger partial charge in [-0.2, -0.15) is 18.2 Å². The number of rotatable bonds is 6. The molecule has 0 aliphatic carbocycles. The molecule has 0 saturated carbocycles. The first-order chi connectivity index (χ1) is 17.6. The molecule has 0 radical (unpaired) electrons. The van der Waals surface area contributed by atoms with Crippen molar-refractivity contribution >= 4 is 17.4 Å². The molecule has 3 aromatic heterocycles. The second-order valence-corrected chi connectivity index (χ2v) is 7.78. The molecule has 0 spiro atoms. The fourth-order valence-corrected chi connectivity index (χ4v) is 3.57. The highest BCUT2D eigenvalue weighted by Crippen LogP contribution is 2.31. The van der Waals surface area contributed by atoms with Gasteiger partial charge < -0.3 is 24.7 Å². The molecule has 1 fully saturated rings. The van der Waals surface area contributed by atoms with Crippen LogP contribution in [0.1, 0.15) is 11.5 Å². The van der Waals surface area contributed by atoms with Crippen molar-refractivity contribution in [3.8, 4) is 17.1 Å². The van der Waals surface area contributed by atoms with E-state index in [-0.39, 0.29) is 41.4 Å². The van der Waals surface area contributed by atoms with E-state index in [0.717, 1.165) is 12.1 Å². The normalized spacial score (nSPS) is 14.8. The zero-order valence-corrected chi connectivity index (χ0v) is 18.6. The number of ether oxygens (including phenoxy) is 2. The number of morpholine rings is 1. The molecule has 0 bridgehead atoms. The number of halogens is 6. The highest BCUT2D eigenvalue weighted by atomic mass is 19.4. The van der Waals surface area contributed by atoms with Gasteiger partial charge in [-0.15, -0.1) is 28.5 Å².